The minimum atomic E-state index is -0.0430. The van der Waals surface area contributed by atoms with Gasteiger partial charge < -0.3 is 24.4 Å². The van der Waals surface area contributed by atoms with Crippen molar-refractivity contribution in [2.24, 2.45) is 5.92 Å². The van der Waals surface area contributed by atoms with Gasteiger partial charge in [-0.15, -0.1) is 0 Å². The quantitative estimate of drug-likeness (QED) is 0.279. The number of carbonyl (C=O) groups excluding carboxylic acids is 1. The van der Waals surface area contributed by atoms with Crippen LogP contribution in [-0.2, 0) is 4.79 Å². The van der Waals surface area contributed by atoms with Crippen LogP contribution in [0.1, 0.15) is 24.8 Å². The third-order valence-electron chi connectivity index (χ3n) is 6.73. The smallest absolute Gasteiger partial charge is 0.229 e. The first-order valence-corrected chi connectivity index (χ1v) is 12.9. The summed E-state index contributed by atoms with van der Waals surface area (Å²) in [5.74, 6) is 2.70. The van der Waals surface area contributed by atoms with Crippen LogP contribution in [-0.4, -0.2) is 36.8 Å². The SMILES string of the molecule is CCN(C(=S)NC(=O)C1CC1c1ccccc1)c1ccc(Oc2ccnc3cc(OC)c(OC)cc23)cc1. The summed E-state index contributed by atoms with van der Waals surface area (Å²) in [4.78, 5) is 19.2. The van der Waals surface area contributed by atoms with E-state index < -0.39 is 0 Å². The van der Waals surface area contributed by atoms with Crippen LogP contribution >= 0.6 is 12.2 Å². The van der Waals surface area contributed by atoms with Crippen molar-refractivity contribution in [1.29, 1.82) is 0 Å². The Bertz CT molecular complexity index is 1460. The average molecular weight is 528 g/mol. The van der Waals surface area contributed by atoms with E-state index in [0.717, 1.165) is 23.0 Å². The van der Waals surface area contributed by atoms with Crippen molar-refractivity contribution in [3.63, 3.8) is 0 Å². The minimum absolute atomic E-state index is 0.0288. The largest absolute Gasteiger partial charge is 0.493 e. The van der Waals surface area contributed by atoms with Crippen molar-refractivity contribution in [3.05, 3.63) is 84.6 Å². The maximum absolute atomic E-state index is 12.8. The summed E-state index contributed by atoms with van der Waals surface area (Å²) in [6.45, 7) is 2.61. The molecule has 7 nitrogen and oxygen atoms in total. The average Bonchev–Trinajstić information content (AvgIpc) is 3.76. The van der Waals surface area contributed by atoms with E-state index in [9.17, 15) is 4.79 Å². The van der Waals surface area contributed by atoms with Gasteiger partial charge in [0.25, 0.3) is 0 Å². The number of nitrogens with zero attached hydrogens (tertiary/aromatic N) is 2. The van der Waals surface area contributed by atoms with E-state index in [2.05, 4.69) is 22.4 Å². The number of rotatable bonds is 8. The highest BCUT2D eigenvalue weighted by Gasteiger charge is 2.44. The molecule has 0 spiro atoms. The Kier molecular flexibility index (Phi) is 7.42. The number of pyridine rings is 1. The van der Waals surface area contributed by atoms with E-state index in [1.54, 1.807) is 20.4 Å². The Morgan fingerprint density at radius 1 is 1.00 bits per heavy atom. The lowest BCUT2D eigenvalue weighted by Crippen LogP contribution is -2.43. The number of methoxy groups -OCH3 is 2. The van der Waals surface area contributed by atoms with E-state index in [1.165, 1.54) is 5.56 Å². The molecule has 1 N–H and O–H groups in total. The van der Waals surface area contributed by atoms with Gasteiger partial charge in [-0.1, -0.05) is 30.3 Å². The molecule has 1 aliphatic rings. The Morgan fingerprint density at radius 2 is 1.71 bits per heavy atom. The van der Waals surface area contributed by atoms with Crippen molar-refractivity contribution in [3.8, 4) is 23.0 Å². The molecular weight excluding hydrogens is 498 g/mol. The monoisotopic (exact) mass is 527 g/mol. The molecule has 1 saturated carbocycles. The molecule has 0 radical (unpaired) electrons. The first-order chi connectivity index (χ1) is 18.5. The predicted octanol–water partition coefficient (Wildman–Crippen LogP) is 6.08. The lowest BCUT2D eigenvalue weighted by Gasteiger charge is -2.24. The molecule has 8 heteroatoms. The summed E-state index contributed by atoms with van der Waals surface area (Å²) in [6, 6.07) is 23.2. The van der Waals surface area contributed by atoms with Crippen LogP contribution in [0.5, 0.6) is 23.0 Å². The molecular formula is C30H29N3O4S. The Labute approximate surface area is 227 Å². The molecule has 1 fully saturated rings. The fourth-order valence-corrected chi connectivity index (χ4v) is 4.96. The normalized spacial score (nSPS) is 16.0. The number of hydrogen-bond acceptors (Lipinski definition) is 6. The summed E-state index contributed by atoms with van der Waals surface area (Å²) in [7, 11) is 3.19. The van der Waals surface area contributed by atoms with Crippen LogP contribution < -0.4 is 24.4 Å². The van der Waals surface area contributed by atoms with Gasteiger partial charge in [-0.25, -0.2) is 0 Å². The van der Waals surface area contributed by atoms with E-state index in [4.69, 9.17) is 26.4 Å². The molecule has 194 valence electrons. The fourth-order valence-electron chi connectivity index (χ4n) is 4.62. The van der Waals surface area contributed by atoms with E-state index in [0.29, 0.717) is 34.7 Å². The van der Waals surface area contributed by atoms with Crippen LogP contribution in [0, 0.1) is 5.92 Å². The number of benzene rings is 3. The van der Waals surface area contributed by atoms with Gasteiger partial charge in [-0.2, -0.15) is 0 Å². The molecule has 3 aromatic carbocycles. The van der Waals surface area contributed by atoms with E-state index in [1.807, 2.05) is 72.5 Å². The van der Waals surface area contributed by atoms with Crippen molar-refractivity contribution in [2.75, 3.05) is 25.7 Å². The minimum Gasteiger partial charge on any atom is -0.493 e. The van der Waals surface area contributed by atoms with Gasteiger partial charge in [0.2, 0.25) is 5.91 Å². The van der Waals surface area contributed by atoms with Crippen molar-refractivity contribution in [2.45, 2.75) is 19.3 Å². The van der Waals surface area contributed by atoms with Crippen LogP contribution in [0.2, 0.25) is 0 Å². The van der Waals surface area contributed by atoms with Gasteiger partial charge in [0, 0.05) is 35.8 Å². The number of anilines is 1. The van der Waals surface area contributed by atoms with E-state index >= 15 is 0 Å². The zero-order valence-electron chi connectivity index (χ0n) is 21.5. The summed E-state index contributed by atoms with van der Waals surface area (Å²) in [6.07, 6.45) is 2.54. The van der Waals surface area contributed by atoms with Crippen LogP contribution in [0.25, 0.3) is 10.9 Å². The molecule has 5 rings (SSSR count). The second-order valence-corrected chi connectivity index (χ2v) is 9.41. The number of ether oxygens (including phenoxy) is 3. The number of aromatic nitrogens is 1. The molecule has 4 aromatic rings. The summed E-state index contributed by atoms with van der Waals surface area (Å²) >= 11 is 5.60. The molecule has 0 aliphatic heterocycles. The van der Waals surface area contributed by atoms with Gasteiger partial charge in [0.1, 0.15) is 11.5 Å². The van der Waals surface area contributed by atoms with Crippen molar-refractivity contribution in [1.82, 2.24) is 10.3 Å². The molecule has 1 amide bonds. The predicted molar refractivity (Wildman–Crippen MR) is 152 cm³/mol. The zero-order chi connectivity index (χ0) is 26.6. The molecule has 2 unspecified atom stereocenters. The third-order valence-corrected chi connectivity index (χ3v) is 7.05. The van der Waals surface area contributed by atoms with Crippen LogP contribution in [0.3, 0.4) is 0 Å². The molecule has 1 aliphatic carbocycles. The lowest BCUT2D eigenvalue weighted by molar-refractivity contribution is -0.120. The van der Waals surface area contributed by atoms with Crippen molar-refractivity contribution < 1.29 is 19.0 Å². The van der Waals surface area contributed by atoms with Gasteiger partial charge in [-0.05, 0) is 73.4 Å². The molecule has 1 heterocycles. The fraction of sp³-hybridized carbons (Fsp3) is 0.233. The third kappa shape index (κ3) is 5.26. The molecule has 1 aromatic heterocycles. The molecule has 0 bridgehead atoms. The lowest BCUT2D eigenvalue weighted by atomic mass is 10.1. The molecule has 2 atom stereocenters. The van der Waals surface area contributed by atoms with Crippen molar-refractivity contribution >= 4 is 39.8 Å². The summed E-state index contributed by atoms with van der Waals surface area (Å²) < 4.78 is 17.0. The number of hydrogen-bond donors (Lipinski definition) is 1. The number of amides is 1. The zero-order valence-corrected chi connectivity index (χ0v) is 22.3. The molecule has 0 saturated heterocycles. The maximum Gasteiger partial charge on any atom is 0.229 e. The second-order valence-electron chi connectivity index (χ2n) is 9.03. The number of thiocarbonyl (C=S) groups is 1. The first-order valence-electron chi connectivity index (χ1n) is 12.5. The van der Waals surface area contributed by atoms with Gasteiger partial charge in [0.05, 0.1) is 19.7 Å². The Morgan fingerprint density at radius 3 is 2.39 bits per heavy atom. The number of nitrogens with one attached hydrogen (secondary N) is 1. The van der Waals surface area contributed by atoms with Crippen LogP contribution in [0.15, 0.2) is 79.0 Å². The van der Waals surface area contributed by atoms with Gasteiger partial charge in [0.15, 0.2) is 16.6 Å². The highest BCUT2D eigenvalue weighted by Crippen LogP contribution is 2.47. The standard InChI is InChI=1S/C30H29N3O4S/c1-4-33(30(38)32-29(34)23-16-22(23)19-8-6-5-7-9-19)20-10-12-21(13-11-20)37-26-14-15-31-25-18-28(36-3)27(35-2)17-24(25)26/h5-15,17-18,22-23H,4,16H2,1-3H3,(H,32,34,38). The summed E-state index contributed by atoms with van der Waals surface area (Å²) in [5.41, 5.74) is 2.80. The second kappa shape index (κ2) is 11.1. The molecule has 38 heavy (non-hydrogen) atoms. The number of carbonyl (C=O) groups is 1. The Hall–Kier alpha value is -4.17. The summed E-state index contributed by atoms with van der Waals surface area (Å²) in [5, 5.41) is 4.15. The highest BCUT2D eigenvalue weighted by atomic mass is 32.1. The van der Waals surface area contributed by atoms with Gasteiger partial charge >= 0.3 is 0 Å². The topological polar surface area (TPSA) is 72.9 Å². The van der Waals surface area contributed by atoms with Gasteiger partial charge in [-0.3, -0.25) is 9.78 Å². The van der Waals surface area contributed by atoms with Crippen LogP contribution in [0.4, 0.5) is 5.69 Å². The maximum atomic E-state index is 12.8. The number of fused-ring (bicyclic) bond motifs is 1. The van der Waals surface area contributed by atoms with E-state index in [-0.39, 0.29) is 17.7 Å². The Balaban J connectivity index is 1.26. The first kappa shape index (κ1) is 25.5. The highest BCUT2D eigenvalue weighted by molar-refractivity contribution is 7.80.